The van der Waals surface area contributed by atoms with E-state index >= 15 is 0 Å². The fourth-order valence-electron chi connectivity index (χ4n) is 2.27. The zero-order valence-electron chi connectivity index (χ0n) is 11.1. The Balaban J connectivity index is 2.06. The van der Waals surface area contributed by atoms with E-state index in [9.17, 15) is 12.8 Å². The summed E-state index contributed by atoms with van der Waals surface area (Å²) in [7, 11) is -3.88. The minimum atomic E-state index is -3.88. The van der Waals surface area contributed by atoms with Crippen LogP contribution in [0.5, 0.6) is 0 Å². The molecule has 112 valence electrons. The third kappa shape index (κ3) is 3.69. The van der Waals surface area contributed by atoms with Gasteiger partial charge in [0.15, 0.2) is 5.82 Å². The molecule has 0 unspecified atom stereocenters. The Labute approximate surface area is 123 Å². The Kier molecular flexibility index (Phi) is 5.01. The van der Waals surface area contributed by atoms with Crippen molar-refractivity contribution in [2.45, 2.75) is 30.8 Å². The lowest BCUT2D eigenvalue weighted by molar-refractivity contribution is 0.00397. The summed E-state index contributed by atoms with van der Waals surface area (Å²) in [4.78, 5) is -0.412. The molecule has 2 rings (SSSR count). The number of sulfonamides is 1. The molecule has 1 aliphatic heterocycles. The molecule has 2 atom stereocenters. The number of hydrogen-bond donors (Lipinski definition) is 1. The summed E-state index contributed by atoms with van der Waals surface area (Å²) in [5.41, 5.74) is 0. The molecule has 1 fully saturated rings. The Bertz CT molecular complexity index is 579. The average molecular weight is 322 g/mol. The van der Waals surface area contributed by atoms with Crippen LogP contribution in [0.15, 0.2) is 23.1 Å². The Morgan fingerprint density at radius 1 is 1.50 bits per heavy atom. The van der Waals surface area contributed by atoms with E-state index in [4.69, 9.17) is 16.3 Å². The molecule has 0 amide bonds. The van der Waals surface area contributed by atoms with Crippen molar-refractivity contribution in [1.29, 1.82) is 0 Å². The fraction of sp³-hybridized carbons (Fsp3) is 0.538. The molecule has 1 aromatic carbocycles. The molecule has 7 heteroatoms. The highest BCUT2D eigenvalue weighted by molar-refractivity contribution is 7.89. The molecule has 1 N–H and O–H groups in total. The van der Waals surface area contributed by atoms with Crippen molar-refractivity contribution in [1.82, 2.24) is 4.72 Å². The largest absolute Gasteiger partial charge is 0.378 e. The summed E-state index contributed by atoms with van der Waals surface area (Å²) in [6.07, 6.45) is 1.71. The first kappa shape index (κ1) is 15.7. The zero-order valence-corrected chi connectivity index (χ0v) is 12.7. The number of benzene rings is 1. The van der Waals surface area contributed by atoms with Crippen molar-refractivity contribution in [3.63, 3.8) is 0 Å². The molecule has 0 radical (unpaired) electrons. The minimum absolute atomic E-state index is 0.126. The molecular weight excluding hydrogens is 305 g/mol. The van der Waals surface area contributed by atoms with Gasteiger partial charge in [-0.05, 0) is 37.8 Å². The second kappa shape index (κ2) is 6.39. The molecule has 0 spiro atoms. The number of halogens is 2. The summed E-state index contributed by atoms with van der Waals surface area (Å²) in [5, 5.41) is -0.201. The Morgan fingerprint density at radius 3 is 2.95 bits per heavy atom. The number of nitrogens with one attached hydrogen (secondary N) is 1. The summed E-state index contributed by atoms with van der Waals surface area (Å²) in [6, 6.07) is 3.93. The van der Waals surface area contributed by atoms with Gasteiger partial charge in [0.2, 0.25) is 10.0 Å². The molecule has 1 saturated heterocycles. The first-order valence-electron chi connectivity index (χ1n) is 6.45. The predicted octanol–water partition coefficient (Wildman–Crippen LogP) is 2.57. The molecule has 0 bridgehead atoms. The maximum absolute atomic E-state index is 13.8. The molecule has 1 heterocycles. The van der Waals surface area contributed by atoms with E-state index in [0.717, 1.165) is 12.8 Å². The van der Waals surface area contributed by atoms with Gasteiger partial charge in [-0.1, -0.05) is 17.7 Å². The summed E-state index contributed by atoms with van der Waals surface area (Å²) < 4.78 is 45.8. The van der Waals surface area contributed by atoms with E-state index in [1.54, 1.807) is 0 Å². The lowest BCUT2D eigenvalue weighted by atomic mass is 9.97. The van der Waals surface area contributed by atoms with Gasteiger partial charge < -0.3 is 4.74 Å². The van der Waals surface area contributed by atoms with Gasteiger partial charge in [0, 0.05) is 13.2 Å². The highest BCUT2D eigenvalue weighted by Crippen LogP contribution is 2.23. The van der Waals surface area contributed by atoms with Crippen LogP contribution >= 0.6 is 11.6 Å². The van der Waals surface area contributed by atoms with Crippen LogP contribution in [0.4, 0.5) is 4.39 Å². The third-order valence-electron chi connectivity index (χ3n) is 3.36. The van der Waals surface area contributed by atoms with E-state index in [-0.39, 0.29) is 23.6 Å². The van der Waals surface area contributed by atoms with Gasteiger partial charge in [0.05, 0.1) is 11.1 Å². The summed E-state index contributed by atoms with van der Waals surface area (Å²) in [6.45, 7) is 2.86. The monoisotopic (exact) mass is 321 g/mol. The number of ether oxygens (including phenoxy) is 1. The third-order valence-corrected chi connectivity index (χ3v) is 5.09. The maximum atomic E-state index is 13.8. The van der Waals surface area contributed by atoms with E-state index in [1.807, 2.05) is 6.92 Å². The highest BCUT2D eigenvalue weighted by atomic mass is 35.5. The summed E-state index contributed by atoms with van der Waals surface area (Å²) >= 11 is 5.60. The zero-order chi connectivity index (χ0) is 14.8. The van der Waals surface area contributed by atoms with Crippen LogP contribution < -0.4 is 4.72 Å². The predicted molar refractivity (Wildman–Crippen MR) is 74.7 cm³/mol. The van der Waals surface area contributed by atoms with E-state index < -0.39 is 20.7 Å². The smallest absolute Gasteiger partial charge is 0.243 e. The highest BCUT2D eigenvalue weighted by Gasteiger charge is 2.24. The van der Waals surface area contributed by atoms with Crippen LogP contribution in [-0.2, 0) is 14.8 Å². The number of hydrogen-bond acceptors (Lipinski definition) is 3. The molecule has 1 aliphatic rings. The molecule has 1 aromatic rings. The van der Waals surface area contributed by atoms with Crippen LogP contribution in [0, 0.1) is 11.7 Å². The van der Waals surface area contributed by atoms with Crippen LogP contribution in [0.25, 0.3) is 0 Å². The van der Waals surface area contributed by atoms with Gasteiger partial charge in [-0.15, -0.1) is 0 Å². The summed E-state index contributed by atoms with van der Waals surface area (Å²) in [5.74, 6) is -0.710. The Hall–Kier alpha value is -0.690. The molecule has 0 aliphatic carbocycles. The van der Waals surface area contributed by atoms with Crippen LogP contribution in [0.2, 0.25) is 5.02 Å². The maximum Gasteiger partial charge on any atom is 0.243 e. The topological polar surface area (TPSA) is 55.4 Å². The van der Waals surface area contributed by atoms with E-state index in [1.165, 1.54) is 18.2 Å². The first-order valence-corrected chi connectivity index (χ1v) is 8.31. The quantitative estimate of drug-likeness (QED) is 0.927. The van der Waals surface area contributed by atoms with Gasteiger partial charge in [-0.25, -0.2) is 17.5 Å². The van der Waals surface area contributed by atoms with Crippen molar-refractivity contribution < 1.29 is 17.5 Å². The van der Waals surface area contributed by atoms with Crippen molar-refractivity contribution in [2.75, 3.05) is 13.2 Å². The van der Waals surface area contributed by atoms with Gasteiger partial charge in [-0.3, -0.25) is 0 Å². The molecule has 0 saturated carbocycles. The lowest BCUT2D eigenvalue weighted by Gasteiger charge is -2.27. The van der Waals surface area contributed by atoms with E-state index in [2.05, 4.69) is 4.72 Å². The lowest BCUT2D eigenvalue weighted by Crippen LogP contribution is -2.34. The normalized spacial score (nSPS) is 23.8. The van der Waals surface area contributed by atoms with Crippen molar-refractivity contribution in [2.24, 2.45) is 5.92 Å². The molecule has 20 heavy (non-hydrogen) atoms. The fourth-order valence-corrected chi connectivity index (χ4v) is 3.72. The molecule has 0 aromatic heterocycles. The number of rotatable bonds is 4. The average Bonchev–Trinajstić information content (AvgIpc) is 2.40. The van der Waals surface area contributed by atoms with Crippen LogP contribution in [-0.4, -0.2) is 27.7 Å². The minimum Gasteiger partial charge on any atom is -0.378 e. The Morgan fingerprint density at radius 2 is 2.25 bits per heavy atom. The van der Waals surface area contributed by atoms with Gasteiger partial charge in [0.1, 0.15) is 4.90 Å². The second-order valence-corrected chi connectivity index (χ2v) is 7.12. The van der Waals surface area contributed by atoms with E-state index in [0.29, 0.717) is 6.61 Å². The second-order valence-electron chi connectivity index (χ2n) is 4.98. The first-order chi connectivity index (χ1) is 9.40. The SMILES string of the molecule is C[C@@H]1C[C@H](CNS(=O)(=O)c2cccc(Cl)c2F)CCO1. The van der Waals surface area contributed by atoms with Gasteiger partial charge >= 0.3 is 0 Å². The van der Waals surface area contributed by atoms with Crippen LogP contribution in [0.1, 0.15) is 19.8 Å². The van der Waals surface area contributed by atoms with Crippen molar-refractivity contribution in [3.05, 3.63) is 29.0 Å². The molecule has 4 nitrogen and oxygen atoms in total. The standard InChI is InChI=1S/C13H17ClFNO3S/c1-9-7-10(5-6-19-9)8-16-20(17,18)12-4-2-3-11(14)13(12)15/h2-4,9-10,16H,5-8H2,1H3/t9-,10-/m1/s1. The van der Waals surface area contributed by atoms with Crippen molar-refractivity contribution >= 4 is 21.6 Å². The van der Waals surface area contributed by atoms with Gasteiger partial charge in [-0.2, -0.15) is 0 Å². The van der Waals surface area contributed by atoms with Crippen molar-refractivity contribution in [3.8, 4) is 0 Å². The molecular formula is C13H17ClFNO3S. The van der Waals surface area contributed by atoms with Crippen LogP contribution in [0.3, 0.4) is 0 Å². The van der Waals surface area contributed by atoms with Gasteiger partial charge in [0.25, 0.3) is 0 Å².